The van der Waals surface area contributed by atoms with Gasteiger partial charge in [-0.15, -0.1) is 5.10 Å². The van der Waals surface area contributed by atoms with Gasteiger partial charge >= 0.3 is 0 Å². The van der Waals surface area contributed by atoms with Crippen LogP contribution in [0.3, 0.4) is 0 Å². The van der Waals surface area contributed by atoms with Crippen LogP contribution in [0.4, 0.5) is 11.6 Å². The minimum absolute atomic E-state index is 0.116. The first-order valence-electron chi connectivity index (χ1n) is 4.67. The van der Waals surface area contributed by atoms with E-state index >= 15 is 0 Å². The van der Waals surface area contributed by atoms with E-state index in [1.54, 1.807) is 6.07 Å². The van der Waals surface area contributed by atoms with Gasteiger partial charge in [0, 0.05) is 5.69 Å². The van der Waals surface area contributed by atoms with Crippen LogP contribution in [-0.2, 0) is 0 Å². The predicted octanol–water partition coefficient (Wildman–Crippen LogP) is 1.36. The molecule has 0 aliphatic rings. The molecular formula is C10H8ClN5O. The summed E-state index contributed by atoms with van der Waals surface area (Å²) in [5.41, 5.74) is 6.32. The van der Waals surface area contributed by atoms with Gasteiger partial charge in [0.2, 0.25) is 5.95 Å². The number of nitrogens with one attached hydrogen (secondary N) is 1. The molecule has 3 N–H and O–H groups in total. The van der Waals surface area contributed by atoms with Crippen LogP contribution in [0.25, 0.3) is 0 Å². The first-order chi connectivity index (χ1) is 8.16. The highest BCUT2D eigenvalue weighted by Crippen LogP contribution is 2.19. The number of amides is 1. The Morgan fingerprint density at radius 2 is 2.18 bits per heavy atom. The maximum Gasteiger partial charge on any atom is 0.259 e. The van der Waals surface area contributed by atoms with Crippen molar-refractivity contribution in [3.8, 4) is 0 Å². The molecule has 2 aromatic rings. The maximum atomic E-state index is 11.8. The highest BCUT2D eigenvalue weighted by molar-refractivity contribution is 6.34. The zero-order chi connectivity index (χ0) is 12.3. The summed E-state index contributed by atoms with van der Waals surface area (Å²) >= 11 is 5.89. The Kier molecular flexibility index (Phi) is 3.15. The van der Waals surface area contributed by atoms with Crippen molar-refractivity contribution in [1.82, 2.24) is 15.2 Å². The third-order valence-electron chi connectivity index (χ3n) is 1.95. The van der Waals surface area contributed by atoms with Crippen LogP contribution in [0.2, 0.25) is 5.02 Å². The van der Waals surface area contributed by atoms with E-state index in [9.17, 15) is 4.79 Å². The minimum Gasteiger partial charge on any atom is -0.399 e. The first-order valence-corrected chi connectivity index (χ1v) is 5.04. The van der Waals surface area contributed by atoms with Crippen LogP contribution in [0.5, 0.6) is 0 Å². The van der Waals surface area contributed by atoms with Crippen molar-refractivity contribution in [2.24, 2.45) is 0 Å². The topological polar surface area (TPSA) is 93.8 Å². The molecule has 6 nitrogen and oxygen atoms in total. The quantitative estimate of drug-likeness (QED) is 0.784. The Labute approximate surface area is 102 Å². The van der Waals surface area contributed by atoms with Gasteiger partial charge in [-0.05, 0) is 18.2 Å². The SMILES string of the molecule is Nc1ccc(C(=O)Nc2nccnn2)c(Cl)c1. The number of benzene rings is 1. The number of hydrogen-bond acceptors (Lipinski definition) is 5. The molecule has 1 heterocycles. The Morgan fingerprint density at radius 3 is 2.82 bits per heavy atom. The van der Waals surface area contributed by atoms with Gasteiger partial charge in [0.05, 0.1) is 23.0 Å². The zero-order valence-corrected chi connectivity index (χ0v) is 9.35. The van der Waals surface area contributed by atoms with Crippen LogP contribution in [0.15, 0.2) is 30.6 Å². The maximum absolute atomic E-state index is 11.8. The number of anilines is 2. The molecule has 0 saturated heterocycles. The second-order valence-electron chi connectivity index (χ2n) is 3.16. The molecule has 0 spiro atoms. The summed E-state index contributed by atoms with van der Waals surface area (Å²) in [6.07, 6.45) is 2.83. The minimum atomic E-state index is -0.414. The molecule has 0 aliphatic heterocycles. The average Bonchev–Trinajstić information content (AvgIpc) is 2.30. The van der Waals surface area contributed by atoms with Crippen LogP contribution < -0.4 is 11.1 Å². The van der Waals surface area contributed by atoms with Gasteiger partial charge in [0.25, 0.3) is 5.91 Å². The molecule has 1 aromatic heterocycles. The summed E-state index contributed by atoms with van der Waals surface area (Å²) in [5.74, 6) is -0.298. The molecule has 17 heavy (non-hydrogen) atoms. The van der Waals surface area contributed by atoms with E-state index in [1.807, 2.05) is 0 Å². The third kappa shape index (κ3) is 2.67. The lowest BCUT2D eigenvalue weighted by molar-refractivity contribution is 0.102. The van der Waals surface area contributed by atoms with E-state index in [0.29, 0.717) is 11.3 Å². The first kappa shape index (κ1) is 11.3. The summed E-state index contributed by atoms with van der Waals surface area (Å²) in [7, 11) is 0. The number of nitrogens with zero attached hydrogens (tertiary/aromatic N) is 3. The van der Waals surface area contributed by atoms with E-state index in [2.05, 4.69) is 20.5 Å². The number of hydrogen-bond donors (Lipinski definition) is 2. The van der Waals surface area contributed by atoms with Crippen molar-refractivity contribution in [3.63, 3.8) is 0 Å². The fraction of sp³-hybridized carbons (Fsp3) is 0. The molecule has 0 saturated carbocycles. The molecule has 7 heteroatoms. The van der Waals surface area contributed by atoms with Gasteiger partial charge < -0.3 is 5.73 Å². The van der Waals surface area contributed by atoms with Crippen LogP contribution in [0.1, 0.15) is 10.4 Å². The van der Waals surface area contributed by atoms with Crippen molar-refractivity contribution in [1.29, 1.82) is 0 Å². The fourth-order valence-electron chi connectivity index (χ4n) is 1.19. The Balaban J connectivity index is 2.21. The van der Waals surface area contributed by atoms with E-state index in [-0.39, 0.29) is 11.0 Å². The smallest absolute Gasteiger partial charge is 0.259 e. The second kappa shape index (κ2) is 4.75. The lowest BCUT2D eigenvalue weighted by atomic mass is 10.2. The van der Waals surface area contributed by atoms with Gasteiger partial charge in [0.15, 0.2) is 0 Å². The van der Waals surface area contributed by atoms with Gasteiger partial charge in [-0.3, -0.25) is 10.1 Å². The van der Waals surface area contributed by atoms with E-state index < -0.39 is 5.91 Å². The van der Waals surface area contributed by atoms with Crippen molar-refractivity contribution in [2.75, 3.05) is 11.1 Å². The molecular weight excluding hydrogens is 242 g/mol. The third-order valence-corrected chi connectivity index (χ3v) is 2.26. The Bertz CT molecular complexity index is 546. The average molecular weight is 250 g/mol. The van der Waals surface area contributed by atoms with E-state index in [1.165, 1.54) is 24.5 Å². The van der Waals surface area contributed by atoms with Crippen LogP contribution in [-0.4, -0.2) is 21.1 Å². The summed E-state index contributed by atoms with van der Waals surface area (Å²) in [4.78, 5) is 15.6. The lowest BCUT2D eigenvalue weighted by Gasteiger charge is -2.05. The van der Waals surface area contributed by atoms with Crippen molar-refractivity contribution in [2.45, 2.75) is 0 Å². The van der Waals surface area contributed by atoms with Crippen molar-refractivity contribution >= 4 is 29.1 Å². The number of carbonyl (C=O) groups excluding carboxylic acids is 1. The number of carbonyl (C=O) groups is 1. The zero-order valence-electron chi connectivity index (χ0n) is 8.59. The Morgan fingerprint density at radius 1 is 1.35 bits per heavy atom. The summed E-state index contributed by atoms with van der Waals surface area (Å²) in [6, 6.07) is 4.62. The standard InChI is InChI=1S/C10H8ClN5O/c11-8-5-6(12)1-2-7(8)9(17)15-10-13-3-4-14-16-10/h1-5H,12H2,(H,13,15,16,17). The highest BCUT2D eigenvalue weighted by Gasteiger charge is 2.11. The van der Waals surface area contributed by atoms with E-state index in [4.69, 9.17) is 17.3 Å². The number of rotatable bonds is 2. The number of nitrogen functional groups attached to an aromatic ring is 1. The van der Waals surface area contributed by atoms with Gasteiger partial charge in [0.1, 0.15) is 0 Å². The molecule has 0 aliphatic carbocycles. The highest BCUT2D eigenvalue weighted by atomic mass is 35.5. The monoisotopic (exact) mass is 249 g/mol. The lowest BCUT2D eigenvalue weighted by Crippen LogP contribution is -2.15. The fourth-order valence-corrected chi connectivity index (χ4v) is 1.46. The molecule has 0 bridgehead atoms. The molecule has 2 rings (SSSR count). The van der Waals surface area contributed by atoms with E-state index in [0.717, 1.165) is 0 Å². The van der Waals surface area contributed by atoms with Gasteiger partial charge in [-0.2, -0.15) is 5.10 Å². The van der Waals surface area contributed by atoms with Crippen molar-refractivity contribution < 1.29 is 4.79 Å². The van der Waals surface area contributed by atoms with Gasteiger partial charge in [-0.1, -0.05) is 11.6 Å². The Hall–Kier alpha value is -2.21. The van der Waals surface area contributed by atoms with Crippen molar-refractivity contribution in [3.05, 3.63) is 41.2 Å². The largest absolute Gasteiger partial charge is 0.399 e. The number of nitrogens with two attached hydrogens (primary N) is 1. The molecule has 0 unspecified atom stereocenters. The van der Waals surface area contributed by atoms with Crippen LogP contribution >= 0.6 is 11.6 Å². The predicted molar refractivity (Wildman–Crippen MR) is 63.6 cm³/mol. The second-order valence-corrected chi connectivity index (χ2v) is 3.57. The molecule has 0 fully saturated rings. The molecule has 1 aromatic carbocycles. The van der Waals surface area contributed by atoms with Gasteiger partial charge in [-0.25, -0.2) is 4.98 Å². The molecule has 0 radical (unpaired) electrons. The normalized spacial score (nSPS) is 9.94. The molecule has 0 atom stereocenters. The number of halogens is 1. The molecule has 1 amide bonds. The molecule has 86 valence electrons. The summed E-state index contributed by atoms with van der Waals surface area (Å²) < 4.78 is 0. The summed E-state index contributed by atoms with van der Waals surface area (Å²) in [5, 5.41) is 9.96. The number of aromatic nitrogens is 3. The van der Waals surface area contributed by atoms with Crippen LogP contribution in [0, 0.1) is 0 Å². The summed E-state index contributed by atoms with van der Waals surface area (Å²) in [6.45, 7) is 0.